The number of carbonyl (C=O) groups is 2. The van der Waals surface area contributed by atoms with Gasteiger partial charge in [-0.2, -0.15) is 0 Å². The number of fused-ring (bicyclic) bond motifs is 1. The first-order valence-corrected chi connectivity index (χ1v) is 7.26. The maximum Gasteiger partial charge on any atom is 0.341 e. The van der Waals surface area contributed by atoms with Crippen molar-refractivity contribution in [3.63, 3.8) is 0 Å². The quantitative estimate of drug-likeness (QED) is 0.750. The zero-order chi connectivity index (χ0) is 15.7. The van der Waals surface area contributed by atoms with Crippen molar-refractivity contribution in [2.45, 2.75) is 6.92 Å². The highest BCUT2D eigenvalue weighted by Gasteiger charge is 2.22. The Labute approximate surface area is 129 Å². The van der Waals surface area contributed by atoms with Crippen LogP contribution in [-0.2, 0) is 4.74 Å². The topological polar surface area (TPSA) is 81.4 Å². The average Bonchev–Trinajstić information content (AvgIpc) is 3.09. The van der Waals surface area contributed by atoms with Crippen LogP contribution in [0.15, 0.2) is 34.9 Å². The Morgan fingerprint density at radius 2 is 2.09 bits per heavy atom. The molecule has 1 N–H and O–H groups in total. The Kier molecular flexibility index (Phi) is 3.64. The smallest absolute Gasteiger partial charge is 0.341 e. The fourth-order valence-electron chi connectivity index (χ4n) is 2.07. The second-order valence-corrected chi connectivity index (χ2v) is 5.63. The van der Waals surface area contributed by atoms with E-state index in [9.17, 15) is 9.59 Å². The van der Waals surface area contributed by atoms with Crippen LogP contribution in [0.5, 0.6) is 0 Å². The van der Waals surface area contributed by atoms with Gasteiger partial charge in [0.2, 0.25) is 5.76 Å². The third-order valence-corrected chi connectivity index (χ3v) is 4.15. The molecular formula is C15H12N2O4S. The van der Waals surface area contributed by atoms with Crippen LogP contribution < -0.4 is 5.32 Å². The van der Waals surface area contributed by atoms with Crippen molar-refractivity contribution in [2.75, 3.05) is 12.4 Å². The second-order valence-electron chi connectivity index (χ2n) is 4.58. The van der Waals surface area contributed by atoms with Gasteiger partial charge in [0, 0.05) is 16.2 Å². The predicted molar refractivity (Wildman–Crippen MR) is 82.4 cm³/mol. The normalized spacial score (nSPS) is 10.6. The van der Waals surface area contributed by atoms with E-state index in [1.54, 1.807) is 6.92 Å². The van der Waals surface area contributed by atoms with Gasteiger partial charge in [0.15, 0.2) is 0 Å². The van der Waals surface area contributed by atoms with Gasteiger partial charge in [0.1, 0.15) is 10.6 Å². The molecule has 0 aliphatic rings. The maximum atomic E-state index is 12.2. The van der Waals surface area contributed by atoms with E-state index >= 15 is 0 Å². The molecule has 0 bridgehead atoms. The van der Waals surface area contributed by atoms with Crippen LogP contribution in [0.4, 0.5) is 5.00 Å². The number of ether oxygens (including phenoxy) is 1. The molecule has 0 saturated carbocycles. The van der Waals surface area contributed by atoms with Gasteiger partial charge < -0.3 is 14.6 Å². The van der Waals surface area contributed by atoms with Crippen molar-refractivity contribution in [2.24, 2.45) is 0 Å². The van der Waals surface area contributed by atoms with E-state index in [1.807, 2.05) is 24.3 Å². The Balaban J connectivity index is 2.02. The number of esters is 1. The van der Waals surface area contributed by atoms with Gasteiger partial charge in [0.05, 0.1) is 12.8 Å². The molecule has 3 aromatic rings. The number of aromatic nitrogens is 1. The summed E-state index contributed by atoms with van der Waals surface area (Å²) in [5, 5.41) is 7.52. The maximum absolute atomic E-state index is 12.2. The van der Waals surface area contributed by atoms with E-state index in [4.69, 9.17) is 9.26 Å². The molecule has 0 fully saturated rings. The molecule has 112 valence electrons. The third kappa shape index (κ3) is 2.46. The fourth-order valence-corrected chi connectivity index (χ4v) is 3.16. The van der Waals surface area contributed by atoms with Crippen LogP contribution in [-0.4, -0.2) is 24.1 Å². The van der Waals surface area contributed by atoms with E-state index in [2.05, 4.69) is 10.5 Å². The number of methoxy groups -OCH3 is 1. The molecule has 2 heterocycles. The number of nitrogens with one attached hydrogen (secondary N) is 1. The van der Waals surface area contributed by atoms with Gasteiger partial charge >= 0.3 is 5.97 Å². The molecule has 0 radical (unpaired) electrons. The van der Waals surface area contributed by atoms with Gasteiger partial charge in [-0.3, -0.25) is 4.79 Å². The van der Waals surface area contributed by atoms with Crippen LogP contribution in [0.25, 0.3) is 10.1 Å². The fraction of sp³-hybridized carbons (Fsp3) is 0.133. The molecule has 6 nitrogen and oxygen atoms in total. The lowest BCUT2D eigenvalue weighted by Crippen LogP contribution is -2.13. The number of anilines is 1. The molecule has 1 amide bonds. The SMILES string of the molecule is COC(=O)c1c(NC(=O)c2cc(C)no2)sc2ccccc12. The summed E-state index contributed by atoms with van der Waals surface area (Å²) in [6.07, 6.45) is 0. The lowest BCUT2D eigenvalue weighted by molar-refractivity contribution is 0.0604. The lowest BCUT2D eigenvalue weighted by atomic mass is 10.1. The standard InChI is InChI=1S/C15H12N2O4S/c1-8-7-10(21-17-8)13(18)16-14-12(15(19)20-2)9-5-3-4-6-11(9)22-14/h3-7H,1-2H3,(H,16,18). The summed E-state index contributed by atoms with van der Waals surface area (Å²) in [6, 6.07) is 8.91. The first-order valence-electron chi connectivity index (χ1n) is 6.44. The van der Waals surface area contributed by atoms with E-state index < -0.39 is 11.9 Å². The van der Waals surface area contributed by atoms with Crippen LogP contribution in [0, 0.1) is 6.92 Å². The lowest BCUT2D eigenvalue weighted by Gasteiger charge is -2.03. The number of carbonyl (C=O) groups excluding carboxylic acids is 2. The molecule has 0 unspecified atom stereocenters. The predicted octanol–water partition coefficient (Wildman–Crippen LogP) is 3.24. The van der Waals surface area contributed by atoms with E-state index in [0.717, 1.165) is 10.1 Å². The molecule has 0 spiro atoms. The van der Waals surface area contributed by atoms with Crippen LogP contribution >= 0.6 is 11.3 Å². The zero-order valence-corrected chi connectivity index (χ0v) is 12.7. The van der Waals surface area contributed by atoms with E-state index in [-0.39, 0.29) is 5.76 Å². The Morgan fingerprint density at radius 1 is 1.32 bits per heavy atom. The summed E-state index contributed by atoms with van der Waals surface area (Å²) in [5.41, 5.74) is 0.947. The molecule has 3 rings (SSSR count). The largest absolute Gasteiger partial charge is 0.465 e. The van der Waals surface area contributed by atoms with Gasteiger partial charge in [0.25, 0.3) is 5.91 Å². The minimum Gasteiger partial charge on any atom is -0.465 e. The second kappa shape index (κ2) is 5.61. The molecule has 7 heteroatoms. The van der Waals surface area contributed by atoms with Crippen molar-refractivity contribution in [3.8, 4) is 0 Å². The number of amides is 1. The molecule has 1 aromatic carbocycles. The van der Waals surface area contributed by atoms with Crippen molar-refractivity contribution in [3.05, 3.63) is 47.3 Å². The van der Waals surface area contributed by atoms with E-state index in [1.165, 1.54) is 24.5 Å². The Morgan fingerprint density at radius 3 is 2.77 bits per heavy atom. The minimum atomic E-state index is -0.499. The van der Waals surface area contributed by atoms with Crippen molar-refractivity contribution < 1.29 is 18.8 Å². The monoisotopic (exact) mass is 316 g/mol. The number of hydrogen-bond donors (Lipinski definition) is 1. The number of rotatable bonds is 3. The zero-order valence-electron chi connectivity index (χ0n) is 11.9. The minimum absolute atomic E-state index is 0.0887. The number of nitrogens with zero attached hydrogens (tertiary/aromatic N) is 1. The number of benzene rings is 1. The Hall–Kier alpha value is -2.67. The van der Waals surface area contributed by atoms with E-state index in [0.29, 0.717) is 16.3 Å². The number of aryl methyl sites for hydroxylation is 1. The van der Waals surface area contributed by atoms with Gasteiger partial charge in [-0.05, 0) is 13.0 Å². The molecule has 0 aliphatic heterocycles. The Bertz CT molecular complexity index is 865. The van der Waals surface area contributed by atoms with Crippen LogP contribution in [0.3, 0.4) is 0 Å². The molecule has 22 heavy (non-hydrogen) atoms. The first kappa shape index (κ1) is 14.3. The molecule has 0 saturated heterocycles. The molecular weight excluding hydrogens is 304 g/mol. The highest BCUT2D eigenvalue weighted by Crippen LogP contribution is 2.36. The van der Waals surface area contributed by atoms with Crippen LogP contribution in [0.1, 0.15) is 26.6 Å². The van der Waals surface area contributed by atoms with Crippen molar-refractivity contribution in [1.29, 1.82) is 0 Å². The summed E-state index contributed by atoms with van der Waals surface area (Å²) < 4.78 is 10.6. The summed E-state index contributed by atoms with van der Waals surface area (Å²) in [4.78, 5) is 24.2. The summed E-state index contributed by atoms with van der Waals surface area (Å²) >= 11 is 1.30. The third-order valence-electron chi connectivity index (χ3n) is 3.06. The highest BCUT2D eigenvalue weighted by atomic mass is 32.1. The van der Waals surface area contributed by atoms with Gasteiger partial charge in [-0.1, -0.05) is 23.4 Å². The molecule has 2 aromatic heterocycles. The highest BCUT2D eigenvalue weighted by molar-refractivity contribution is 7.23. The van der Waals surface area contributed by atoms with Crippen molar-refractivity contribution in [1.82, 2.24) is 5.16 Å². The van der Waals surface area contributed by atoms with Gasteiger partial charge in [-0.25, -0.2) is 4.79 Å². The van der Waals surface area contributed by atoms with Crippen LogP contribution in [0.2, 0.25) is 0 Å². The van der Waals surface area contributed by atoms with Crippen molar-refractivity contribution >= 4 is 38.3 Å². The summed E-state index contributed by atoms with van der Waals surface area (Å²) in [7, 11) is 1.31. The number of hydrogen-bond acceptors (Lipinski definition) is 6. The van der Waals surface area contributed by atoms with Gasteiger partial charge in [-0.15, -0.1) is 11.3 Å². The summed E-state index contributed by atoms with van der Waals surface area (Å²) in [6.45, 7) is 1.72. The first-order chi connectivity index (χ1) is 10.6. The molecule has 0 aliphatic carbocycles. The average molecular weight is 316 g/mol. The number of thiophene rings is 1. The molecule has 0 atom stereocenters. The summed E-state index contributed by atoms with van der Waals surface area (Å²) in [5.74, 6) is -0.871.